The monoisotopic (exact) mass is 532 g/mol. The summed E-state index contributed by atoms with van der Waals surface area (Å²) in [7, 11) is 0. The van der Waals surface area contributed by atoms with E-state index in [9.17, 15) is 5.11 Å². The number of benzene rings is 3. The van der Waals surface area contributed by atoms with Crippen LogP contribution in [-0.2, 0) is 0 Å². The van der Waals surface area contributed by atoms with Crippen LogP contribution in [-0.4, -0.2) is 19.8 Å². The Morgan fingerprint density at radius 2 is 1.49 bits per heavy atom. The molecule has 6 nitrogen and oxygen atoms in total. The maximum absolute atomic E-state index is 9.82. The zero-order valence-electron chi connectivity index (χ0n) is 21.7. The van der Waals surface area contributed by atoms with Crippen molar-refractivity contribution in [2.75, 3.05) is 4.90 Å². The number of phenols is 1. The molecular formula is C32H28N4O2S. The Kier molecular flexibility index (Phi) is 6.50. The van der Waals surface area contributed by atoms with Crippen molar-refractivity contribution in [3.8, 4) is 22.9 Å². The van der Waals surface area contributed by atoms with Gasteiger partial charge in [-0.3, -0.25) is 4.98 Å². The molecule has 2 aromatic heterocycles. The molecular weight excluding hydrogens is 504 g/mol. The molecule has 6 rings (SSSR count). The van der Waals surface area contributed by atoms with E-state index in [1.54, 1.807) is 12.1 Å². The van der Waals surface area contributed by atoms with Crippen LogP contribution in [0.4, 0.5) is 5.69 Å². The Morgan fingerprint density at radius 1 is 0.821 bits per heavy atom. The number of phenolic OH excluding ortho intramolecular Hbond substituents is 1. The molecule has 0 radical (unpaired) electrons. The van der Waals surface area contributed by atoms with Crippen molar-refractivity contribution in [3.63, 3.8) is 0 Å². The highest BCUT2D eigenvalue weighted by molar-refractivity contribution is 7.80. The van der Waals surface area contributed by atoms with Crippen molar-refractivity contribution < 1.29 is 9.84 Å². The molecule has 0 spiro atoms. The lowest BCUT2D eigenvalue weighted by atomic mass is 9.96. The highest BCUT2D eigenvalue weighted by atomic mass is 32.1. The molecule has 0 bridgehead atoms. The third-order valence-corrected chi connectivity index (χ3v) is 7.40. The fourth-order valence-corrected chi connectivity index (χ4v) is 5.68. The summed E-state index contributed by atoms with van der Waals surface area (Å²) in [6, 6.07) is 32.9. The minimum absolute atomic E-state index is 0.134. The molecule has 3 aromatic carbocycles. The molecule has 194 valence electrons. The second kappa shape index (κ2) is 10.3. The van der Waals surface area contributed by atoms with Crippen molar-refractivity contribution in [1.29, 1.82) is 0 Å². The Balaban J connectivity index is 1.41. The van der Waals surface area contributed by atoms with E-state index in [1.165, 1.54) is 0 Å². The number of thiocarbonyl (C=S) groups is 1. The summed E-state index contributed by atoms with van der Waals surface area (Å²) < 4.78 is 8.23. The highest BCUT2D eigenvalue weighted by Crippen LogP contribution is 2.44. The summed E-state index contributed by atoms with van der Waals surface area (Å²) in [5.41, 5.74) is 6.22. The third kappa shape index (κ3) is 4.73. The molecule has 0 unspecified atom stereocenters. The number of anilines is 1. The molecule has 1 saturated heterocycles. The Morgan fingerprint density at radius 3 is 2.18 bits per heavy atom. The minimum atomic E-state index is -0.146. The van der Waals surface area contributed by atoms with Crippen LogP contribution >= 0.6 is 12.2 Å². The molecule has 39 heavy (non-hydrogen) atoms. The zero-order chi connectivity index (χ0) is 26.9. The number of pyridine rings is 1. The smallest absolute Gasteiger partial charge is 0.174 e. The average Bonchev–Trinajstić information content (AvgIpc) is 3.45. The third-order valence-electron chi connectivity index (χ3n) is 7.09. The van der Waals surface area contributed by atoms with Gasteiger partial charge < -0.3 is 24.6 Å². The van der Waals surface area contributed by atoms with Gasteiger partial charge in [0.1, 0.15) is 17.2 Å². The molecule has 2 atom stereocenters. The summed E-state index contributed by atoms with van der Waals surface area (Å²) in [4.78, 5) is 6.85. The topological polar surface area (TPSA) is 62.5 Å². The SMILES string of the molecule is Cc1cc([C@@H]2[C@@H](c3ccccn3)NC(=S)N2c2ccc(Oc3ccccc3)cc2)c(C)n1-c1ccc(O)cc1. The van der Waals surface area contributed by atoms with E-state index in [2.05, 4.69) is 39.7 Å². The molecule has 1 aliphatic rings. The van der Waals surface area contributed by atoms with Gasteiger partial charge in [-0.1, -0.05) is 24.3 Å². The lowest BCUT2D eigenvalue weighted by molar-refractivity contribution is 0.475. The first-order chi connectivity index (χ1) is 19.0. The summed E-state index contributed by atoms with van der Waals surface area (Å²) in [5, 5.41) is 14.0. The number of hydrogen-bond donors (Lipinski definition) is 2. The lowest BCUT2D eigenvalue weighted by Crippen LogP contribution is -2.29. The molecule has 3 heterocycles. The maximum Gasteiger partial charge on any atom is 0.174 e. The number of aromatic nitrogens is 2. The van der Waals surface area contributed by atoms with E-state index in [4.69, 9.17) is 17.0 Å². The second-order valence-corrected chi connectivity index (χ2v) is 9.97. The van der Waals surface area contributed by atoms with Crippen molar-refractivity contribution in [2.24, 2.45) is 0 Å². The molecule has 0 saturated carbocycles. The number of para-hydroxylation sites is 1. The molecule has 0 aliphatic carbocycles. The molecule has 5 aromatic rings. The standard InChI is InChI=1S/C32H28N4O2S/c1-21-20-28(22(2)35(21)23-11-15-25(37)16-12-23)31-30(29-10-6-7-19-33-29)34-32(39)36(31)24-13-17-27(18-14-24)38-26-8-4-3-5-9-26/h3-20,30-31,37H,1-2H3,(H,34,39)/t30-,31-/m1/s1. The average molecular weight is 533 g/mol. The van der Waals surface area contributed by atoms with Gasteiger partial charge in [0.15, 0.2) is 5.11 Å². The molecule has 2 N–H and O–H groups in total. The highest BCUT2D eigenvalue weighted by Gasteiger charge is 2.42. The van der Waals surface area contributed by atoms with E-state index in [-0.39, 0.29) is 17.8 Å². The van der Waals surface area contributed by atoms with E-state index in [0.29, 0.717) is 5.11 Å². The van der Waals surface area contributed by atoms with Gasteiger partial charge in [-0.25, -0.2) is 0 Å². The van der Waals surface area contributed by atoms with Gasteiger partial charge in [-0.2, -0.15) is 0 Å². The maximum atomic E-state index is 9.82. The first-order valence-electron chi connectivity index (χ1n) is 12.8. The molecule has 0 amide bonds. The first kappa shape index (κ1) is 24.7. The van der Waals surface area contributed by atoms with Crippen LogP contribution in [0.1, 0.15) is 34.7 Å². The lowest BCUT2D eigenvalue weighted by Gasteiger charge is -2.28. The van der Waals surface area contributed by atoms with E-state index < -0.39 is 0 Å². The fraction of sp³-hybridized carbons (Fsp3) is 0.125. The molecule has 1 fully saturated rings. The predicted octanol–water partition coefficient (Wildman–Crippen LogP) is 7.16. The van der Waals surface area contributed by atoms with Crippen molar-refractivity contribution in [1.82, 2.24) is 14.9 Å². The largest absolute Gasteiger partial charge is 0.508 e. The summed E-state index contributed by atoms with van der Waals surface area (Å²) >= 11 is 5.93. The normalized spacial score (nSPS) is 16.8. The Labute approximate surface area is 233 Å². The van der Waals surface area contributed by atoms with E-state index >= 15 is 0 Å². The van der Waals surface area contributed by atoms with Crippen LogP contribution < -0.4 is 15.0 Å². The number of nitrogens with zero attached hydrogens (tertiary/aromatic N) is 3. The van der Waals surface area contributed by atoms with Crippen LogP contribution in [0, 0.1) is 13.8 Å². The predicted molar refractivity (Wildman–Crippen MR) is 158 cm³/mol. The van der Waals surface area contributed by atoms with Gasteiger partial charge >= 0.3 is 0 Å². The second-order valence-electron chi connectivity index (χ2n) is 9.58. The quantitative estimate of drug-likeness (QED) is 0.226. The van der Waals surface area contributed by atoms with E-state index in [1.807, 2.05) is 91.1 Å². The van der Waals surface area contributed by atoms with Crippen LogP contribution in [0.15, 0.2) is 109 Å². The minimum Gasteiger partial charge on any atom is -0.508 e. The number of aromatic hydroxyl groups is 1. The van der Waals surface area contributed by atoms with E-state index in [0.717, 1.165) is 45.5 Å². The Bertz CT molecular complexity index is 1600. The van der Waals surface area contributed by atoms with Crippen molar-refractivity contribution in [3.05, 3.63) is 132 Å². The van der Waals surface area contributed by atoms with Gasteiger partial charge in [0.05, 0.1) is 17.8 Å². The molecule has 7 heteroatoms. The number of aryl methyl sites for hydroxylation is 1. The van der Waals surface area contributed by atoms with Gasteiger partial charge in [-0.05, 0) is 110 Å². The van der Waals surface area contributed by atoms with Gasteiger partial charge in [0, 0.05) is 29.0 Å². The summed E-state index contributed by atoms with van der Waals surface area (Å²) in [6.07, 6.45) is 1.81. The number of nitrogens with one attached hydrogen (secondary N) is 1. The van der Waals surface area contributed by atoms with Crippen LogP contribution in [0.5, 0.6) is 17.2 Å². The van der Waals surface area contributed by atoms with Gasteiger partial charge in [-0.15, -0.1) is 0 Å². The van der Waals surface area contributed by atoms with Crippen LogP contribution in [0.25, 0.3) is 5.69 Å². The van der Waals surface area contributed by atoms with Crippen molar-refractivity contribution >= 4 is 23.0 Å². The first-order valence-corrected chi connectivity index (χ1v) is 13.2. The zero-order valence-corrected chi connectivity index (χ0v) is 22.5. The van der Waals surface area contributed by atoms with Crippen molar-refractivity contribution in [2.45, 2.75) is 25.9 Å². The summed E-state index contributed by atoms with van der Waals surface area (Å²) in [6.45, 7) is 4.22. The van der Waals surface area contributed by atoms with Crippen LogP contribution in [0.2, 0.25) is 0 Å². The molecule has 1 aliphatic heterocycles. The van der Waals surface area contributed by atoms with Gasteiger partial charge in [0.2, 0.25) is 0 Å². The number of hydrogen-bond acceptors (Lipinski definition) is 4. The Hall–Kier alpha value is -4.62. The van der Waals surface area contributed by atoms with Gasteiger partial charge in [0.25, 0.3) is 0 Å². The number of rotatable bonds is 6. The fourth-order valence-electron chi connectivity index (χ4n) is 5.33. The van der Waals surface area contributed by atoms with Crippen LogP contribution in [0.3, 0.4) is 0 Å². The summed E-state index contributed by atoms with van der Waals surface area (Å²) in [5.74, 6) is 1.79. The number of ether oxygens (including phenoxy) is 1.